The van der Waals surface area contributed by atoms with Crippen LogP contribution >= 0.6 is 0 Å². The standard InChI is InChI=1S/C24H25FN4O4S/c1-3-4-17-15-26-24(27-16-17)28-10-7-18(8-11-28)33-19-9-12-29(23(30)13-19)22-6-5-20(14-21(22)25)34(2,31)32/h3-6,9,12-16,18H,7-8,10-11H2,1-2H3/b4-3+. The van der Waals surface area contributed by atoms with Gasteiger partial charge >= 0.3 is 0 Å². The minimum absolute atomic E-state index is 0.0299. The SMILES string of the molecule is C/C=C/c1cnc(N2CCC(Oc3ccn(-c4ccc(S(C)(=O)=O)cc4F)c(=O)c3)CC2)nc1. The Morgan fingerprint density at radius 2 is 1.82 bits per heavy atom. The highest BCUT2D eigenvalue weighted by molar-refractivity contribution is 7.90. The van der Waals surface area contributed by atoms with Gasteiger partial charge in [0.1, 0.15) is 17.7 Å². The van der Waals surface area contributed by atoms with Crippen LogP contribution in [0.15, 0.2) is 64.7 Å². The molecule has 0 amide bonds. The number of hydrogen-bond donors (Lipinski definition) is 0. The van der Waals surface area contributed by atoms with Gasteiger partial charge < -0.3 is 9.64 Å². The number of anilines is 1. The van der Waals surface area contributed by atoms with Crippen molar-refractivity contribution in [3.63, 3.8) is 0 Å². The van der Waals surface area contributed by atoms with Crippen molar-refractivity contribution in [3.8, 4) is 11.4 Å². The van der Waals surface area contributed by atoms with Gasteiger partial charge in [0.05, 0.1) is 10.6 Å². The number of halogens is 1. The number of piperidine rings is 1. The third-order valence-electron chi connectivity index (χ3n) is 5.54. The summed E-state index contributed by atoms with van der Waals surface area (Å²) in [6.07, 6.45) is 11.3. The molecule has 0 N–H and O–H groups in total. The largest absolute Gasteiger partial charge is 0.490 e. The number of hydrogen-bond acceptors (Lipinski definition) is 7. The fourth-order valence-corrected chi connectivity index (χ4v) is 4.42. The van der Waals surface area contributed by atoms with E-state index < -0.39 is 21.2 Å². The summed E-state index contributed by atoms with van der Waals surface area (Å²) in [5, 5.41) is 0. The summed E-state index contributed by atoms with van der Waals surface area (Å²) >= 11 is 0. The Kier molecular flexibility index (Phi) is 6.78. The number of aromatic nitrogens is 3. The van der Waals surface area contributed by atoms with E-state index >= 15 is 0 Å². The van der Waals surface area contributed by atoms with Crippen LogP contribution in [0.1, 0.15) is 25.3 Å². The molecule has 0 aliphatic carbocycles. The summed E-state index contributed by atoms with van der Waals surface area (Å²) in [5.41, 5.74) is 0.443. The third kappa shape index (κ3) is 5.33. The van der Waals surface area contributed by atoms with Crippen LogP contribution in [0.2, 0.25) is 0 Å². The molecule has 10 heteroatoms. The molecule has 4 rings (SSSR count). The molecule has 1 aliphatic rings. The Labute approximate surface area is 197 Å². The van der Waals surface area contributed by atoms with E-state index in [0.717, 1.165) is 48.4 Å². The van der Waals surface area contributed by atoms with Gasteiger partial charge in [0.25, 0.3) is 5.56 Å². The van der Waals surface area contributed by atoms with Crippen LogP contribution in [0.5, 0.6) is 5.75 Å². The fraction of sp³-hybridized carbons (Fsp3) is 0.292. The molecule has 0 radical (unpaired) electrons. The van der Waals surface area contributed by atoms with E-state index in [1.807, 2.05) is 19.1 Å². The first-order valence-corrected chi connectivity index (χ1v) is 12.7. The zero-order valence-corrected chi connectivity index (χ0v) is 19.7. The molecule has 3 aromatic rings. The Bertz CT molecular complexity index is 1360. The van der Waals surface area contributed by atoms with Crippen LogP contribution in [0.4, 0.5) is 10.3 Å². The maximum absolute atomic E-state index is 14.5. The van der Waals surface area contributed by atoms with Gasteiger partial charge in [-0.15, -0.1) is 0 Å². The lowest BCUT2D eigenvalue weighted by Crippen LogP contribution is -2.39. The predicted octanol–water partition coefficient (Wildman–Crippen LogP) is 3.25. The van der Waals surface area contributed by atoms with Crippen molar-refractivity contribution >= 4 is 21.9 Å². The van der Waals surface area contributed by atoms with Gasteiger partial charge in [-0.1, -0.05) is 12.2 Å². The Morgan fingerprint density at radius 3 is 2.41 bits per heavy atom. The van der Waals surface area contributed by atoms with Gasteiger partial charge in [0.2, 0.25) is 5.95 Å². The minimum Gasteiger partial charge on any atom is -0.490 e. The molecule has 0 spiro atoms. The van der Waals surface area contributed by atoms with Gasteiger partial charge in [-0.25, -0.2) is 22.8 Å². The van der Waals surface area contributed by atoms with Gasteiger partial charge in [0, 0.05) is 62.4 Å². The van der Waals surface area contributed by atoms with E-state index in [2.05, 4.69) is 14.9 Å². The summed E-state index contributed by atoms with van der Waals surface area (Å²) in [6, 6.07) is 6.36. The van der Waals surface area contributed by atoms with Crippen molar-refractivity contribution in [1.82, 2.24) is 14.5 Å². The molecule has 1 fully saturated rings. The molecule has 34 heavy (non-hydrogen) atoms. The molecule has 1 saturated heterocycles. The summed E-state index contributed by atoms with van der Waals surface area (Å²) in [4.78, 5) is 23.4. The number of sulfone groups is 1. The molecule has 0 saturated carbocycles. The van der Waals surface area contributed by atoms with E-state index in [0.29, 0.717) is 11.7 Å². The second-order valence-electron chi connectivity index (χ2n) is 8.08. The lowest BCUT2D eigenvalue weighted by molar-refractivity contribution is 0.170. The second kappa shape index (κ2) is 9.76. The predicted molar refractivity (Wildman–Crippen MR) is 128 cm³/mol. The van der Waals surface area contributed by atoms with Crippen molar-refractivity contribution in [2.75, 3.05) is 24.2 Å². The van der Waals surface area contributed by atoms with Crippen LogP contribution in [0, 0.1) is 5.82 Å². The maximum atomic E-state index is 14.5. The quantitative estimate of drug-likeness (QED) is 0.530. The highest BCUT2D eigenvalue weighted by atomic mass is 32.2. The number of rotatable bonds is 6. The average Bonchev–Trinajstić information content (AvgIpc) is 2.80. The first-order valence-electron chi connectivity index (χ1n) is 10.8. The van der Waals surface area contributed by atoms with Crippen molar-refractivity contribution in [1.29, 1.82) is 0 Å². The van der Waals surface area contributed by atoms with Crippen LogP contribution in [-0.2, 0) is 9.84 Å². The maximum Gasteiger partial charge on any atom is 0.258 e. The number of benzene rings is 1. The van der Waals surface area contributed by atoms with Gasteiger partial charge in [-0.05, 0) is 31.2 Å². The van der Waals surface area contributed by atoms with Crippen LogP contribution in [0.25, 0.3) is 11.8 Å². The van der Waals surface area contributed by atoms with Crippen molar-refractivity contribution in [3.05, 3.63) is 76.7 Å². The molecular formula is C24H25FN4O4S. The first-order chi connectivity index (χ1) is 16.2. The van der Waals surface area contributed by atoms with Gasteiger partial charge in [-0.3, -0.25) is 9.36 Å². The van der Waals surface area contributed by atoms with Crippen molar-refractivity contribution in [2.24, 2.45) is 0 Å². The molecule has 3 heterocycles. The summed E-state index contributed by atoms with van der Waals surface area (Å²) in [7, 11) is -3.55. The first kappa shape index (κ1) is 23.6. The molecule has 2 aromatic heterocycles. The highest BCUT2D eigenvalue weighted by Crippen LogP contribution is 2.22. The molecule has 0 bridgehead atoms. The number of pyridine rings is 1. The molecule has 8 nitrogen and oxygen atoms in total. The Morgan fingerprint density at radius 1 is 1.12 bits per heavy atom. The topological polar surface area (TPSA) is 94.4 Å². The normalized spacial score (nSPS) is 15.1. The minimum atomic E-state index is -3.55. The fourth-order valence-electron chi connectivity index (χ4n) is 3.79. The van der Waals surface area contributed by atoms with Crippen LogP contribution in [0.3, 0.4) is 0 Å². The highest BCUT2D eigenvalue weighted by Gasteiger charge is 2.22. The molecular weight excluding hydrogens is 459 g/mol. The second-order valence-corrected chi connectivity index (χ2v) is 10.1. The van der Waals surface area contributed by atoms with Crippen LogP contribution in [-0.4, -0.2) is 48.4 Å². The summed E-state index contributed by atoms with van der Waals surface area (Å²) in [6.45, 7) is 3.39. The molecule has 1 aliphatic heterocycles. The number of nitrogens with zero attached hydrogens (tertiary/aromatic N) is 4. The summed E-state index contributed by atoms with van der Waals surface area (Å²) in [5.74, 6) is 0.282. The Hall–Kier alpha value is -3.53. The number of ether oxygens (including phenoxy) is 1. The van der Waals surface area contributed by atoms with Gasteiger partial charge in [0.15, 0.2) is 9.84 Å². The molecule has 178 valence electrons. The van der Waals surface area contributed by atoms with E-state index in [-0.39, 0.29) is 16.7 Å². The molecule has 0 unspecified atom stereocenters. The molecule has 1 aromatic carbocycles. The lowest BCUT2D eigenvalue weighted by Gasteiger charge is -2.32. The smallest absolute Gasteiger partial charge is 0.258 e. The Balaban J connectivity index is 1.40. The molecule has 0 atom stereocenters. The zero-order valence-electron chi connectivity index (χ0n) is 18.9. The van der Waals surface area contributed by atoms with E-state index in [9.17, 15) is 17.6 Å². The number of allylic oxidation sites excluding steroid dienone is 1. The zero-order chi connectivity index (χ0) is 24.3. The van der Waals surface area contributed by atoms with Crippen LogP contribution < -0.4 is 15.2 Å². The monoisotopic (exact) mass is 484 g/mol. The van der Waals surface area contributed by atoms with Crippen molar-refractivity contribution in [2.45, 2.75) is 30.8 Å². The average molecular weight is 485 g/mol. The van der Waals surface area contributed by atoms with E-state index in [4.69, 9.17) is 4.74 Å². The lowest BCUT2D eigenvalue weighted by atomic mass is 10.1. The third-order valence-corrected chi connectivity index (χ3v) is 6.65. The van der Waals surface area contributed by atoms with E-state index in [1.54, 1.807) is 18.5 Å². The van der Waals surface area contributed by atoms with Gasteiger partial charge in [-0.2, -0.15) is 0 Å². The summed E-state index contributed by atoms with van der Waals surface area (Å²) < 4.78 is 44.8. The van der Waals surface area contributed by atoms with E-state index in [1.165, 1.54) is 24.4 Å². The van der Waals surface area contributed by atoms with Crippen molar-refractivity contribution < 1.29 is 17.5 Å².